The van der Waals surface area contributed by atoms with Crippen LogP contribution in [0.1, 0.15) is 24.9 Å². The summed E-state index contributed by atoms with van der Waals surface area (Å²) in [5, 5.41) is 22.0. The summed E-state index contributed by atoms with van der Waals surface area (Å²) >= 11 is 0. The van der Waals surface area contributed by atoms with E-state index in [1.165, 1.54) is 5.56 Å². The van der Waals surface area contributed by atoms with Gasteiger partial charge in [0.05, 0.1) is 24.1 Å². The van der Waals surface area contributed by atoms with Crippen molar-refractivity contribution in [2.75, 3.05) is 19.7 Å². The predicted octanol–water partition coefficient (Wildman–Crippen LogP) is 3.72. The molecule has 5 rings (SSSR count). The predicted molar refractivity (Wildman–Crippen MR) is 130 cm³/mol. The van der Waals surface area contributed by atoms with Gasteiger partial charge in [0.25, 0.3) is 0 Å². The van der Waals surface area contributed by atoms with Crippen LogP contribution >= 0.6 is 0 Å². The van der Waals surface area contributed by atoms with E-state index in [4.69, 9.17) is 4.98 Å². The molecule has 3 aromatic heterocycles. The van der Waals surface area contributed by atoms with Gasteiger partial charge < -0.3 is 10.4 Å². The van der Waals surface area contributed by atoms with E-state index < -0.39 is 0 Å². The molecule has 2 unspecified atom stereocenters. The summed E-state index contributed by atoms with van der Waals surface area (Å²) in [7, 11) is 1.93. The molecule has 0 aliphatic carbocycles. The van der Waals surface area contributed by atoms with Crippen molar-refractivity contribution in [3.05, 3.63) is 66.9 Å². The molecule has 0 bridgehead atoms. The summed E-state index contributed by atoms with van der Waals surface area (Å²) in [5.74, 6) is 0.185. The number of rotatable bonds is 6. The van der Waals surface area contributed by atoms with Gasteiger partial charge in [0.1, 0.15) is 0 Å². The van der Waals surface area contributed by atoms with Gasteiger partial charge in [-0.05, 0) is 42.6 Å². The summed E-state index contributed by atoms with van der Waals surface area (Å²) in [6, 6.07) is 10.9. The standard InChI is InChI=1S/C26H30N6O/c1-3-18-9-21(23-14-30-32(16-23)25-7-8-27-11-24(25)17-33)12-28-26(18)20-6-4-5-19(10-20)22-13-29-31(2)15-22/h4-6,9-10,12-16,24-25,27,33H,3,7-8,11,17H2,1-2H3. The number of aliphatic hydroxyl groups is 1. The maximum Gasteiger partial charge on any atom is 0.0734 e. The number of nitrogens with one attached hydrogen (secondary N) is 1. The summed E-state index contributed by atoms with van der Waals surface area (Å²) in [6.45, 7) is 4.11. The lowest BCUT2D eigenvalue weighted by Crippen LogP contribution is -2.39. The van der Waals surface area contributed by atoms with Crippen LogP contribution in [-0.2, 0) is 13.5 Å². The molecule has 2 N–H and O–H groups in total. The van der Waals surface area contributed by atoms with E-state index in [1.807, 2.05) is 41.2 Å². The van der Waals surface area contributed by atoms with E-state index in [-0.39, 0.29) is 18.6 Å². The van der Waals surface area contributed by atoms with Crippen LogP contribution in [0.15, 0.2) is 61.3 Å². The van der Waals surface area contributed by atoms with Crippen molar-refractivity contribution >= 4 is 0 Å². The normalized spacial score (nSPS) is 18.5. The lowest BCUT2D eigenvalue weighted by atomic mass is 9.94. The molecule has 2 atom stereocenters. The fraction of sp³-hybridized carbons (Fsp3) is 0.346. The Morgan fingerprint density at radius 3 is 2.61 bits per heavy atom. The van der Waals surface area contributed by atoms with Gasteiger partial charge in [-0.25, -0.2) is 0 Å². The van der Waals surface area contributed by atoms with Crippen LogP contribution in [0.2, 0.25) is 0 Å². The molecule has 1 saturated heterocycles. The van der Waals surface area contributed by atoms with E-state index in [2.05, 4.69) is 59.0 Å². The quantitative estimate of drug-likeness (QED) is 0.476. The molecule has 1 aliphatic rings. The molecule has 0 radical (unpaired) electrons. The first-order chi connectivity index (χ1) is 16.2. The number of aryl methyl sites for hydroxylation is 2. The van der Waals surface area contributed by atoms with Gasteiger partial charge in [-0.15, -0.1) is 0 Å². The van der Waals surface area contributed by atoms with E-state index in [0.29, 0.717) is 0 Å². The third-order valence-electron chi connectivity index (χ3n) is 6.60. The van der Waals surface area contributed by atoms with Gasteiger partial charge in [-0.1, -0.05) is 25.1 Å². The smallest absolute Gasteiger partial charge is 0.0734 e. The molecular formula is C26H30N6O. The second-order valence-electron chi connectivity index (χ2n) is 8.78. The van der Waals surface area contributed by atoms with Crippen LogP contribution in [0, 0.1) is 5.92 Å². The zero-order valence-electron chi connectivity index (χ0n) is 19.1. The highest BCUT2D eigenvalue weighted by Gasteiger charge is 2.26. The van der Waals surface area contributed by atoms with Crippen molar-refractivity contribution in [3.8, 4) is 33.5 Å². The Balaban J connectivity index is 1.44. The molecule has 0 amide bonds. The monoisotopic (exact) mass is 442 g/mol. The Morgan fingerprint density at radius 2 is 1.82 bits per heavy atom. The Morgan fingerprint density at radius 1 is 1.00 bits per heavy atom. The fourth-order valence-electron chi connectivity index (χ4n) is 4.73. The summed E-state index contributed by atoms with van der Waals surface area (Å²) in [5.41, 5.74) is 7.69. The average Bonchev–Trinajstić information content (AvgIpc) is 3.53. The van der Waals surface area contributed by atoms with Gasteiger partial charge in [-0.2, -0.15) is 10.2 Å². The average molecular weight is 443 g/mol. The second kappa shape index (κ2) is 9.29. The van der Waals surface area contributed by atoms with Crippen LogP contribution in [0.3, 0.4) is 0 Å². The molecule has 0 spiro atoms. The zero-order chi connectivity index (χ0) is 22.8. The zero-order valence-corrected chi connectivity index (χ0v) is 19.1. The number of hydrogen-bond acceptors (Lipinski definition) is 5. The highest BCUT2D eigenvalue weighted by Crippen LogP contribution is 2.31. The third-order valence-corrected chi connectivity index (χ3v) is 6.60. The number of nitrogens with zero attached hydrogens (tertiary/aromatic N) is 5. The number of aliphatic hydroxyl groups excluding tert-OH is 1. The maximum absolute atomic E-state index is 9.75. The Kier molecular flexibility index (Phi) is 6.07. The van der Waals surface area contributed by atoms with Crippen molar-refractivity contribution in [2.45, 2.75) is 25.8 Å². The molecule has 33 heavy (non-hydrogen) atoms. The summed E-state index contributed by atoms with van der Waals surface area (Å²) in [6.07, 6.45) is 11.7. The van der Waals surface area contributed by atoms with Crippen LogP contribution < -0.4 is 5.32 Å². The molecule has 0 saturated carbocycles. The number of hydrogen-bond donors (Lipinski definition) is 2. The van der Waals surface area contributed by atoms with Crippen LogP contribution in [0.25, 0.3) is 33.5 Å². The third kappa shape index (κ3) is 4.34. The van der Waals surface area contributed by atoms with Crippen LogP contribution in [0.5, 0.6) is 0 Å². The van der Waals surface area contributed by atoms with Crippen molar-refractivity contribution < 1.29 is 5.11 Å². The lowest BCUT2D eigenvalue weighted by Gasteiger charge is -2.31. The number of aromatic nitrogens is 5. The van der Waals surface area contributed by atoms with Crippen molar-refractivity contribution in [3.63, 3.8) is 0 Å². The molecule has 7 nitrogen and oxygen atoms in total. The van der Waals surface area contributed by atoms with Gasteiger partial charge in [0, 0.05) is 67.0 Å². The first kappa shape index (κ1) is 21.6. The van der Waals surface area contributed by atoms with E-state index >= 15 is 0 Å². The molecule has 1 aromatic carbocycles. The van der Waals surface area contributed by atoms with Crippen molar-refractivity contribution in [1.29, 1.82) is 0 Å². The van der Waals surface area contributed by atoms with Crippen LogP contribution in [0.4, 0.5) is 0 Å². The van der Waals surface area contributed by atoms with Gasteiger partial charge in [0.15, 0.2) is 0 Å². The second-order valence-corrected chi connectivity index (χ2v) is 8.78. The number of benzene rings is 1. The van der Waals surface area contributed by atoms with Gasteiger partial charge >= 0.3 is 0 Å². The topological polar surface area (TPSA) is 80.8 Å². The van der Waals surface area contributed by atoms with E-state index in [0.717, 1.165) is 59.4 Å². The number of pyridine rings is 1. The summed E-state index contributed by atoms with van der Waals surface area (Å²) < 4.78 is 3.84. The lowest BCUT2D eigenvalue weighted by molar-refractivity contribution is 0.142. The molecule has 4 heterocycles. The largest absolute Gasteiger partial charge is 0.396 e. The van der Waals surface area contributed by atoms with Crippen LogP contribution in [-0.4, -0.2) is 49.3 Å². The van der Waals surface area contributed by atoms with E-state index in [9.17, 15) is 5.11 Å². The molecule has 170 valence electrons. The molecule has 1 aliphatic heterocycles. The highest BCUT2D eigenvalue weighted by atomic mass is 16.3. The minimum absolute atomic E-state index is 0.168. The van der Waals surface area contributed by atoms with E-state index in [1.54, 1.807) is 0 Å². The molecule has 4 aromatic rings. The fourth-order valence-corrected chi connectivity index (χ4v) is 4.73. The minimum Gasteiger partial charge on any atom is -0.396 e. The minimum atomic E-state index is 0.168. The highest BCUT2D eigenvalue weighted by molar-refractivity contribution is 5.74. The van der Waals surface area contributed by atoms with Gasteiger partial charge in [-0.3, -0.25) is 14.3 Å². The van der Waals surface area contributed by atoms with Crippen molar-refractivity contribution in [2.24, 2.45) is 13.0 Å². The first-order valence-electron chi connectivity index (χ1n) is 11.6. The molecular weight excluding hydrogens is 412 g/mol. The van der Waals surface area contributed by atoms with Crippen molar-refractivity contribution in [1.82, 2.24) is 29.9 Å². The Bertz CT molecular complexity index is 1240. The molecule has 1 fully saturated rings. The SMILES string of the molecule is CCc1cc(-c2cnn(C3CCNCC3CO)c2)cnc1-c1cccc(-c2cnn(C)c2)c1. The van der Waals surface area contributed by atoms with Gasteiger partial charge in [0.2, 0.25) is 0 Å². The number of piperidine rings is 1. The Labute approximate surface area is 194 Å². The maximum atomic E-state index is 9.75. The Hall–Kier alpha value is -3.29. The summed E-state index contributed by atoms with van der Waals surface area (Å²) in [4.78, 5) is 4.88. The molecule has 7 heteroatoms. The first-order valence-corrected chi connectivity index (χ1v) is 11.6.